The summed E-state index contributed by atoms with van der Waals surface area (Å²) in [6.45, 7) is 0.574. The monoisotopic (exact) mass is 370 g/mol. The number of rotatable bonds is 4. The minimum atomic E-state index is 0.0172. The molecule has 4 rings (SSSR count). The first-order valence-electron chi connectivity index (χ1n) is 8.21. The average Bonchev–Trinajstić information content (AvgIpc) is 3.30. The van der Waals surface area contributed by atoms with Crippen LogP contribution in [0.1, 0.15) is 22.7 Å². The summed E-state index contributed by atoms with van der Waals surface area (Å²) < 4.78 is 0. The summed E-state index contributed by atoms with van der Waals surface area (Å²) in [5, 5.41) is 3.01. The van der Waals surface area contributed by atoms with Crippen LogP contribution in [-0.2, 0) is 24.2 Å². The molecular weight excluding hydrogens is 352 g/mol. The van der Waals surface area contributed by atoms with Crippen LogP contribution in [0, 0.1) is 5.92 Å². The maximum absolute atomic E-state index is 12.8. The zero-order chi connectivity index (χ0) is 17.2. The minimum absolute atomic E-state index is 0.0172. The molecule has 0 radical (unpaired) electrons. The van der Waals surface area contributed by atoms with Crippen molar-refractivity contribution in [2.45, 2.75) is 25.8 Å². The van der Waals surface area contributed by atoms with E-state index in [1.165, 1.54) is 4.88 Å². The summed E-state index contributed by atoms with van der Waals surface area (Å²) in [6.07, 6.45) is 6.13. The van der Waals surface area contributed by atoms with E-state index in [4.69, 9.17) is 4.98 Å². The minimum Gasteiger partial charge on any atom is -0.340 e. The summed E-state index contributed by atoms with van der Waals surface area (Å²) in [6, 6.07) is 3.96. The molecule has 3 aromatic rings. The zero-order valence-corrected chi connectivity index (χ0v) is 15.5. The summed E-state index contributed by atoms with van der Waals surface area (Å²) in [5.74, 6) is 0.209. The van der Waals surface area contributed by atoms with Gasteiger partial charge in [-0.2, -0.15) is 0 Å². The number of carbonyl (C=O) groups is 1. The van der Waals surface area contributed by atoms with Crippen LogP contribution >= 0.6 is 22.7 Å². The Bertz CT molecular complexity index is 861. The molecule has 0 saturated heterocycles. The number of aromatic nitrogens is 3. The van der Waals surface area contributed by atoms with Crippen LogP contribution in [0.25, 0.3) is 10.6 Å². The highest BCUT2D eigenvalue weighted by atomic mass is 32.1. The highest BCUT2D eigenvalue weighted by molar-refractivity contribution is 7.15. The Hall–Kier alpha value is -2.12. The van der Waals surface area contributed by atoms with Gasteiger partial charge in [0, 0.05) is 47.6 Å². The van der Waals surface area contributed by atoms with E-state index in [2.05, 4.69) is 9.97 Å². The fraction of sp³-hybridized carbons (Fsp3) is 0.333. The topological polar surface area (TPSA) is 59.0 Å². The lowest BCUT2D eigenvalue weighted by molar-refractivity contribution is -0.135. The lowest BCUT2D eigenvalue weighted by Gasteiger charge is -2.25. The smallest absolute Gasteiger partial charge is 0.226 e. The van der Waals surface area contributed by atoms with Gasteiger partial charge in [-0.3, -0.25) is 9.78 Å². The van der Waals surface area contributed by atoms with E-state index in [1.54, 1.807) is 45.5 Å². The van der Waals surface area contributed by atoms with Crippen LogP contribution in [0.5, 0.6) is 0 Å². The zero-order valence-electron chi connectivity index (χ0n) is 13.9. The first-order valence-corrected chi connectivity index (χ1v) is 9.97. The third-order valence-electron chi connectivity index (χ3n) is 4.47. The standard InChI is InChI=1S/C18H18N4OS2/c1-22(9-14-10-24-11-20-14)18(23)13-2-3-16-15(8-13)21-17(25-16)12-4-6-19-7-5-12/h4-7,10-11,13H,2-3,8-9H2,1H3. The van der Waals surface area contributed by atoms with Crippen molar-refractivity contribution in [1.29, 1.82) is 0 Å². The van der Waals surface area contributed by atoms with Gasteiger partial charge >= 0.3 is 0 Å². The van der Waals surface area contributed by atoms with Crippen molar-refractivity contribution in [3.63, 3.8) is 0 Å². The van der Waals surface area contributed by atoms with E-state index in [-0.39, 0.29) is 11.8 Å². The maximum Gasteiger partial charge on any atom is 0.226 e. The van der Waals surface area contributed by atoms with E-state index in [1.807, 2.05) is 24.6 Å². The van der Waals surface area contributed by atoms with Crippen LogP contribution < -0.4 is 0 Å². The quantitative estimate of drug-likeness (QED) is 0.706. The Kier molecular flexibility index (Phi) is 4.59. The van der Waals surface area contributed by atoms with Gasteiger partial charge in [-0.15, -0.1) is 22.7 Å². The third kappa shape index (κ3) is 3.48. The first-order chi connectivity index (χ1) is 12.2. The Morgan fingerprint density at radius 2 is 2.20 bits per heavy atom. The molecule has 0 bridgehead atoms. The van der Waals surface area contributed by atoms with Crippen LogP contribution in [0.2, 0.25) is 0 Å². The van der Waals surface area contributed by atoms with Gasteiger partial charge in [0.25, 0.3) is 0 Å². The molecule has 0 fully saturated rings. The summed E-state index contributed by atoms with van der Waals surface area (Å²) in [5.41, 5.74) is 4.93. The molecule has 0 N–H and O–H groups in total. The molecule has 1 amide bonds. The Balaban J connectivity index is 1.47. The highest BCUT2D eigenvalue weighted by Gasteiger charge is 2.29. The molecule has 1 atom stereocenters. The number of nitrogens with zero attached hydrogens (tertiary/aromatic N) is 4. The van der Waals surface area contributed by atoms with Crippen molar-refractivity contribution in [3.8, 4) is 10.6 Å². The summed E-state index contributed by atoms with van der Waals surface area (Å²) in [4.78, 5) is 29.0. The number of pyridine rings is 1. The predicted molar refractivity (Wildman–Crippen MR) is 99.4 cm³/mol. The maximum atomic E-state index is 12.8. The molecule has 128 valence electrons. The van der Waals surface area contributed by atoms with Gasteiger partial charge in [0.1, 0.15) is 5.01 Å². The van der Waals surface area contributed by atoms with E-state index >= 15 is 0 Å². The van der Waals surface area contributed by atoms with Gasteiger partial charge in [-0.1, -0.05) is 0 Å². The Morgan fingerprint density at radius 3 is 2.96 bits per heavy atom. The fourth-order valence-corrected chi connectivity index (χ4v) is 4.82. The number of fused-ring (bicyclic) bond motifs is 1. The number of hydrogen-bond donors (Lipinski definition) is 0. The summed E-state index contributed by atoms with van der Waals surface area (Å²) >= 11 is 3.30. The molecule has 0 aromatic carbocycles. The molecule has 3 heterocycles. The van der Waals surface area contributed by atoms with Crippen LogP contribution in [-0.4, -0.2) is 32.8 Å². The van der Waals surface area contributed by atoms with Crippen molar-refractivity contribution < 1.29 is 4.79 Å². The molecule has 0 saturated carbocycles. The Morgan fingerprint density at radius 1 is 1.36 bits per heavy atom. The van der Waals surface area contributed by atoms with Crippen LogP contribution in [0.4, 0.5) is 0 Å². The number of hydrogen-bond acceptors (Lipinski definition) is 6. The second-order valence-electron chi connectivity index (χ2n) is 6.24. The van der Waals surface area contributed by atoms with E-state index < -0.39 is 0 Å². The second-order valence-corrected chi connectivity index (χ2v) is 8.04. The molecule has 1 aliphatic carbocycles. The highest BCUT2D eigenvalue weighted by Crippen LogP contribution is 2.34. The summed E-state index contributed by atoms with van der Waals surface area (Å²) in [7, 11) is 1.86. The molecule has 25 heavy (non-hydrogen) atoms. The van der Waals surface area contributed by atoms with Gasteiger partial charge in [-0.05, 0) is 25.0 Å². The number of aryl methyl sites for hydroxylation is 1. The Labute approximate surface area is 154 Å². The molecule has 5 nitrogen and oxygen atoms in total. The molecule has 0 aliphatic heterocycles. The van der Waals surface area contributed by atoms with Crippen molar-refractivity contribution in [2.24, 2.45) is 5.92 Å². The fourth-order valence-electron chi connectivity index (χ4n) is 3.16. The second kappa shape index (κ2) is 7.01. The third-order valence-corrected chi connectivity index (χ3v) is 6.31. The van der Waals surface area contributed by atoms with Gasteiger partial charge in [0.2, 0.25) is 5.91 Å². The molecule has 3 aromatic heterocycles. The van der Waals surface area contributed by atoms with E-state index in [0.717, 1.165) is 41.2 Å². The van der Waals surface area contributed by atoms with Crippen molar-refractivity contribution >= 4 is 28.6 Å². The van der Waals surface area contributed by atoms with Gasteiger partial charge < -0.3 is 4.90 Å². The van der Waals surface area contributed by atoms with Crippen molar-refractivity contribution in [3.05, 3.63) is 51.7 Å². The van der Waals surface area contributed by atoms with Gasteiger partial charge in [0.05, 0.1) is 23.4 Å². The van der Waals surface area contributed by atoms with E-state index in [0.29, 0.717) is 6.54 Å². The number of amides is 1. The molecule has 7 heteroatoms. The number of thiazole rings is 2. The van der Waals surface area contributed by atoms with E-state index in [9.17, 15) is 4.79 Å². The predicted octanol–water partition coefficient (Wildman–Crippen LogP) is 3.43. The van der Waals surface area contributed by atoms with Crippen molar-refractivity contribution in [2.75, 3.05) is 7.05 Å². The molecule has 1 aliphatic rings. The van der Waals surface area contributed by atoms with Gasteiger partial charge in [-0.25, -0.2) is 9.97 Å². The van der Waals surface area contributed by atoms with Crippen molar-refractivity contribution in [1.82, 2.24) is 19.9 Å². The molecule has 1 unspecified atom stereocenters. The SMILES string of the molecule is CN(Cc1cscn1)C(=O)C1CCc2sc(-c3ccncc3)nc2C1. The largest absolute Gasteiger partial charge is 0.340 e. The first kappa shape index (κ1) is 16.4. The van der Waals surface area contributed by atoms with Crippen LogP contribution in [0.3, 0.4) is 0 Å². The van der Waals surface area contributed by atoms with Gasteiger partial charge in [0.15, 0.2) is 0 Å². The normalized spacial score (nSPS) is 16.4. The molecule has 0 spiro atoms. The number of carbonyl (C=O) groups excluding carboxylic acids is 1. The average molecular weight is 371 g/mol. The molecular formula is C18H18N4OS2. The lowest BCUT2D eigenvalue weighted by atomic mass is 9.90. The lowest BCUT2D eigenvalue weighted by Crippen LogP contribution is -2.35. The van der Waals surface area contributed by atoms with Crippen LogP contribution in [0.15, 0.2) is 35.4 Å².